The van der Waals surface area contributed by atoms with Crippen molar-refractivity contribution in [3.63, 3.8) is 0 Å². The van der Waals surface area contributed by atoms with Crippen LogP contribution < -0.4 is 10.2 Å². The largest absolute Gasteiger partial charge is 0.325 e. The van der Waals surface area contributed by atoms with Gasteiger partial charge in [0.25, 0.3) is 5.91 Å². The maximum atomic E-state index is 13.1. The summed E-state index contributed by atoms with van der Waals surface area (Å²) in [7, 11) is 0. The molecular weight excluding hydrogens is 400 g/mol. The van der Waals surface area contributed by atoms with E-state index in [4.69, 9.17) is 0 Å². The lowest BCUT2D eigenvalue weighted by Crippen LogP contribution is -2.49. The van der Waals surface area contributed by atoms with Crippen LogP contribution in [0.15, 0.2) is 35.7 Å². The molecule has 0 radical (unpaired) electrons. The summed E-state index contributed by atoms with van der Waals surface area (Å²) < 4.78 is 0. The lowest BCUT2D eigenvalue weighted by molar-refractivity contribution is -0.133. The zero-order valence-electron chi connectivity index (χ0n) is 17.3. The first-order valence-corrected chi connectivity index (χ1v) is 11.3. The molecule has 2 aromatic rings. The molecule has 2 heterocycles. The number of nitrogens with one attached hydrogen (secondary N) is 1. The molecule has 1 N–H and O–H groups in total. The molecular formula is C22H26N4O3S. The molecule has 1 saturated heterocycles. The van der Waals surface area contributed by atoms with Gasteiger partial charge in [0.05, 0.1) is 17.9 Å². The van der Waals surface area contributed by atoms with Crippen LogP contribution in [0.4, 0.5) is 15.6 Å². The van der Waals surface area contributed by atoms with Gasteiger partial charge in [0, 0.05) is 12.3 Å². The third-order valence-corrected chi connectivity index (χ3v) is 7.04. The first-order chi connectivity index (χ1) is 14.4. The molecule has 158 valence electrons. The van der Waals surface area contributed by atoms with Crippen LogP contribution >= 0.6 is 11.3 Å². The van der Waals surface area contributed by atoms with Crippen molar-refractivity contribution in [2.24, 2.45) is 5.92 Å². The summed E-state index contributed by atoms with van der Waals surface area (Å²) in [5.41, 5.74) is 0.573. The Hall–Kier alpha value is -2.74. The highest BCUT2D eigenvalue weighted by Crippen LogP contribution is 2.38. The molecule has 1 aromatic carbocycles. The summed E-state index contributed by atoms with van der Waals surface area (Å²) in [6.07, 6.45) is 4.42. The molecule has 1 saturated carbocycles. The lowest BCUT2D eigenvalue weighted by atomic mass is 9.75. The van der Waals surface area contributed by atoms with Crippen molar-refractivity contribution in [2.75, 3.05) is 4.90 Å². The first-order valence-electron chi connectivity index (χ1n) is 10.4. The fourth-order valence-corrected chi connectivity index (χ4v) is 5.25. The van der Waals surface area contributed by atoms with Crippen LogP contribution in [-0.4, -0.2) is 33.3 Å². The molecule has 0 bridgehead atoms. The smallest absolute Gasteiger partial charge is 0.323 e. The molecule has 4 amide bonds. The summed E-state index contributed by atoms with van der Waals surface area (Å²) in [5, 5.41) is 5.28. The molecule has 1 aliphatic carbocycles. The molecule has 1 aromatic heterocycles. The van der Waals surface area contributed by atoms with E-state index in [2.05, 4.69) is 17.2 Å². The van der Waals surface area contributed by atoms with E-state index in [-0.39, 0.29) is 24.4 Å². The summed E-state index contributed by atoms with van der Waals surface area (Å²) in [6, 6.07) is 8.94. The van der Waals surface area contributed by atoms with Gasteiger partial charge >= 0.3 is 6.03 Å². The van der Waals surface area contributed by atoms with E-state index in [0.717, 1.165) is 24.9 Å². The Morgan fingerprint density at radius 2 is 1.97 bits per heavy atom. The minimum absolute atomic E-state index is 0.112. The summed E-state index contributed by atoms with van der Waals surface area (Å²) in [4.78, 5) is 45.3. The molecule has 30 heavy (non-hydrogen) atoms. The highest BCUT2D eigenvalue weighted by Gasteiger charge is 2.52. The number of amides is 4. The second kappa shape index (κ2) is 8.18. The number of hydrogen-bond acceptors (Lipinski definition) is 5. The van der Waals surface area contributed by atoms with Gasteiger partial charge in [-0.05, 0) is 43.7 Å². The van der Waals surface area contributed by atoms with Gasteiger partial charge in [-0.25, -0.2) is 9.78 Å². The second-order valence-corrected chi connectivity index (χ2v) is 8.90. The van der Waals surface area contributed by atoms with E-state index < -0.39 is 5.54 Å². The normalized spacial score (nSPS) is 23.7. The van der Waals surface area contributed by atoms with Crippen molar-refractivity contribution in [2.45, 2.75) is 58.0 Å². The summed E-state index contributed by atoms with van der Waals surface area (Å²) in [5.74, 6) is 0.331. The third-order valence-electron chi connectivity index (χ3n) is 6.16. The van der Waals surface area contributed by atoms with Crippen LogP contribution in [0.2, 0.25) is 0 Å². The van der Waals surface area contributed by atoms with E-state index in [0.29, 0.717) is 29.6 Å². The molecule has 1 spiro atoms. The van der Waals surface area contributed by atoms with Gasteiger partial charge in [-0.2, -0.15) is 0 Å². The number of rotatable bonds is 5. The molecule has 1 aliphatic heterocycles. The maximum Gasteiger partial charge on any atom is 0.325 e. The average Bonchev–Trinajstić information content (AvgIpc) is 3.28. The third kappa shape index (κ3) is 3.71. The Morgan fingerprint density at radius 3 is 2.60 bits per heavy atom. The number of aromatic nitrogens is 1. The van der Waals surface area contributed by atoms with Crippen molar-refractivity contribution in [1.29, 1.82) is 0 Å². The average molecular weight is 427 g/mol. The van der Waals surface area contributed by atoms with Crippen LogP contribution in [0.5, 0.6) is 0 Å². The van der Waals surface area contributed by atoms with E-state index in [1.54, 1.807) is 5.38 Å². The predicted octanol–water partition coefficient (Wildman–Crippen LogP) is 4.22. The van der Waals surface area contributed by atoms with Crippen LogP contribution in [0.1, 0.15) is 51.6 Å². The molecule has 4 rings (SSSR count). The van der Waals surface area contributed by atoms with E-state index in [1.165, 1.54) is 28.1 Å². The molecule has 7 nitrogen and oxygen atoms in total. The molecule has 0 unspecified atom stereocenters. The van der Waals surface area contributed by atoms with Gasteiger partial charge in [0.1, 0.15) is 5.54 Å². The maximum absolute atomic E-state index is 13.1. The lowest BCUT2D eigenvalue weighted by Gasteiger charge is -2.34. The Balaban J connectivity index is 1.50. The molecule has 0 atom stereocenters. The van der Waals surface area contributed by atoms with Crippen LogP contribution in [-0.2, 0) is 16.1 Å². The second-order valence-electron chi connectivity index (χ2n) is 8.07. The van der Waals surface area contributed by atoms with E-state index in [1.807, 2.05) is 30.3 Å². The highest BCUT2D eigenvalue weighted by molar-refractivity contribution is 7.14. The summed E-state index contributed by atoms with van der Waals surface area (Å²) in [6.45, 7) is 3.77. The van der Waals surface area contributed by atoms with Crippen molar-refractivity contribution < 1.29 is 14.4 Å². The Kier molecular flexibility index (Phi) is 5.60. The van der Waals surface area contributed by atoms with E-state index in [9.17, 15) is 14.4 Å². The number of anilines is 2. The zero-order valence-corrected chi connectivity index (χ0v) is 18.1. The minimum atomic E-state index is -0.753. The highest BCUT2D eigenvalue weighted by atomic mass is 32.1. The molecule has 8 heteroatoms. The number of urea groups is 1. The Morgan fingerprint density at radius 1 is 1.27 bits per heavy atom. The standard InChI is InChI=1S/C22H26N4O3S/c1-3-16-9-11-22(12-10-16)19(28)25(20(29)24-22)13-17-14-30-21(23-17)26(15(2)27)18-7-5-4-6-8-18/h4-8,14,16H,3,9-13H2,1-2H3,(H,24,29). The van der Waals surface area contributed by atoms with Crippen LogP contribution in [0, 0.1) is 5.92 Å². The number of imide groups is 1. The van der Waals surface area contributed by atoms with Gasteiger partial charge in [0.15, 0.2) is 5.13 Å². The van der Waals surface area contributed by atoms with Crippen molar-refractivity contribution in [3.05, 3.63) is 41.4 Å². The number of hydrogen-bond donors (Lipinski definition) is 1. The monoisotopic (exact) mass is 426 g/mol. The number of carbonyl (C=O) groups is 3. The number of benzene rings is 1. The van der Waals surface area contributed by atoms with Gasteiger partial charge in [-0.15, -0.1) is 11.3 Å². The Labute approximate surface area is 180 Å². The van der Waals surface area contributed by atoms with Gasteiger partial charge in [-0.1, -0.05) is 31.5 Å². The number of para-hydroxylation sites is 1. The number of thiazole rings is 1. The quantitative estimate of drug-likeness (QED) is 0.726. The minimum Gasteiger partial charge on any atom is -0.323 e. The van der Waals surface area contributed by atoms with Crippen LogP contribution in [0.3, 0.4) is 0 Å². The molecule has 2 fully saturated rings. The van der Waals surface area contributed by atoms with E-state index >= 15 is 0 Å². The molecule has 2 aliphatic rings. The number of nitrogens with zero attached hydrogens (tertiary/aromatic N) is 3. The predicted molar refractivity (Wildman–Crippen MR) is 115 cm³/mol. The number of carbonyl (C=O) groups excluding carboxylic acids is 3. The van der Waals surface area contributed by atoms with Crippen molar-refractivity contribution >= 4 is 40.0 Å². The fourth-order valence-electron chi connectivity index (χ4n) is 4.37. The first kappa shape index (κ1) is 20.5. The SMILES string of the molecule is CCC1CCC2(CC1)NC(=O)N(Cc1csc(N(C(C)=O)c3ccccc3)n1)C2=O. The van der Waals surface area contributed by atoms with Crippen molar-refractivity contribution in [3.8, 4) is 0 Å². The zero-order chi connectivity index (χ0) is 21.3. The van der Waals surface area contributed by atoms with Crippen LogP contribution in [0.25, 0.3) is 0 Å². The summed E-state index contributed by atoms with van der Waals surface area (Å²) >= 11 is 1.32. The topological polar surface area (TPSA) is 82.6 Å². The van der Waals surface area contributed by atoms with Gasteiger partial charge in [-0.3, -0.25) is 19.4 Å². The van der Waals surface area contributed by atoms with Gasteiger partial charge in [0.2, 0.25) is 5.91 Å². The van der Waals surface area contributed by atoms with Gasteiger partial charge < -0.3 is 5.32 Å². The Bertz CT molecular complexity index is 950. The van der Waals surface area contributed by atoms with Crippen molar-refractivity contribution in [1.82, 2.24) is 15.2 Å². The fraction of sp³-hybridized carbons (Fsp3) is 0.455.